The van der Waals surface area contributed by atoms with Gasteiger partial charge in [0.05, 0.1) is 12.8 Å². The first-order valence-corrected chi connectivity index (χ1v) is 5.15. The van der Waals surface area contributed by atoms with Crippen molar-refractivity contribution in [2.45, 2.75) is 13.1 Å². The Labute approximate surface area is 95.2 Å². The minimum Gasteiger partial charge on any atom is -0.491 e. The van der Waals surface area contributed by atoms with Gasteiger partial charge < -0.3 is 4.74 Å². The Morgan fingerprint density at radius 2 is 2.19 bits per heavy atom. The Morgan fingerprint density at radius 3 is 2.62 bits per heavy atom. The second-order valence-corrected chi connectivity index (χ2v) is 3.66. The van der Waals surface area contributed by atoms with Crippen LogP contribution in [0.25, 0.3) is 0 Å². The second-order valence-electron chi connectivity index (χ2n) is 3.66. The first-order valence-electron chi connectivity index (χ1n) is 5.15. The van der Waals surface area contributed by atoms with E-state index in [4.69, 9.17) is 10.6 Å². The minimum atomic E-state index is -0.374. The number of rotatable bonds is 5. The molecule has 4 nitrogen and oxygen atoms in total. The fourth-order valence-corrected chi connectivity index (χ4v) is 1.50. The third kappa shape index (κ3) is 2.91. The normalized spacial score (nSPS) is 12.9. The number of hydrazine groups is 1. The topological polar surface area (TPSA) is 50.5 Å². The van der Waals surface area contributed by atoms with Gasteiger partial charge in [0, 0.05) is 0 Å². The van der Waals surface area contributed by atoms with Gasteiger partial charge in [0.2, 0.25) is 0 Å². The van der Waals surface area contributed by atoms with Crippen molar-refractivity contribution in [2.24, 2.45) is 5.84 Å². The number of nitrogens with zero attached hydrogens (tertiary/aromatic N) is 1. The Kier molecular flexibility index (Phi) is 4.67. The molecule has 0 saturated heterocycles. The summed E-state index contributed by atoms with van der Waals surface area (Å²) in [6, 6.07) is 4.83. The highest BCUT2D eigenvalue weighted by Crippen LogP contribution is 2.22. The number of hydrogen-bond donors (Lipinski definition) is 2. The van der Waals surface area contributed by atoms with Crippen molar-refractivity contribution < 1.29 is 9.13 Å². The van der Waals surface area contributed by atoms with Crippen LogP contribution in [0.2, 0.25) is 0 Å². The summed E-state index contributed by atoms with van der Waals surface area (Å²) in [5.41, 5.74) is 3.37. The molecule has 0 aliphatic carbocycles. The lowest BCUT2D eigenvalue weighted by Gasteiger charge is -2.23. The fourth-order valence-electron chi connectivity index (χ4n) is 1.50. The van der Waals surface area contributed by atoms with Crippen LogP contribution >= 0.6 is 0 Å². The molecular weight excluding hydrogens is 209 g/mol. The number of halogens is 1. The van der Waals surface area contributed by atoms with E-state index in [9.17, 15) is 4.39 Å². The largest absolute Gasteiger partial charge is 0.491 e. The lowest BCUT2D eigenvalue weighted by atomic mass is 10.1. The monoisotopic (exact) mass is 227 g/mol. The predicted octanol–water partition coefficient (Wildman–Crippen LogP) is 1.25. The van der Waals surface area contributed by atoms with E-state index in [0.717, 1.165) is 5.56 Å². The van der Waals surface area contributed by atoms with Crippen molar-refractivity contribution in [3.63, 3.8) is 0 Å². The highest BCUT2D eigenvalue weighted by molar-refractivity contribution is 5.30. The minimum absolute atomic E-state index is 0.217. The lowest BCUT2D eigenvalue weighted by Crippen LogP contribution is -2.37. The van der Waals surface area contributed by atoms with Crippen molar-refractivity contribution in [2.75, 3.05) is 20.7 Å². The number of ether oxygens (including phenoxy) is 1. The molecule has 90 valence electrons. The van der Waals surface area contributed by atoms with Crippen molar-refractivity contribution in [3.8, 4) is 5.75 Å². The van der Waals surface area contributed by atoms with Crippen LogP contribution in [0.5, 0.6) is 5.75 Å². The Bertz CT molecular complexity index is 344. The standard InChI is InChI=1S/C11H18FN3O/c1-4-16-10-6-5-8(7-9(10)12)11(14-13)15(2)3/h5-7,11,14H,4,13H2,1-3H3. The maximum atomic E-state index is 13.6. The maximum absolute atomic E-state index is 13.6. The van der Waals surface area contributed by atoms with Gasteiger partial charge in [-0.25, -0.2) is 9.82 Å². The predicted molar refractivity (Wildman–Crippen MR) is 61.3 cm³/mol. The first-order chi connectivity index (χ1) is 7.60. The summed E-state index contributed by atoms with van der Waals surface area (Å²) < 4.78 is 18.7. The molecule has 0 aliphatic heterocycles. The molecule has 3 N–H and O–H groups in total. The van der Waals surface area contributed by atoms with Gasteiger partial charge >= 0.3 is 0 Å². The molecule has 0 radical (unpaired) electrons. The molecule has 0 heterocycles. The maximum Gasteiger partial charge on any atom is 0.165 e. The molecule has 1 rings (SSSR count). The third-order valence-corrected chi connectivity index (χ3v) is 2.25. The van der Waals surface area contributed by atoms with Crippen molar-refractivity contribution in [3.05, 3.63) is 29.6 Å². The zero-order valence-corrected chi connectivity index (χ0v) is 9.83. The summed E-state index contributed by atoms with van der Waals surface area (Å²) >= 11 is 0. The first kappa shape index (κ1) is 12.9. The second kappa shape index (κ2) is 5.79. The van der Waals surface area contributed by atoms with Gasteiger partial charge in [-0.1, -0.05) is 6.07 Å². The van der Waals surface area contributed by atoms with Crippen LogP contribution in [0.1, 0.15) is 18.7 Å². The highest BCUT2D eigenvalue weighted by atomic mass is 19.1. The van der Waals surface area contributed by atoms with Crippen LogP contribution in [0.15, 0.2) is 18.2 Å². The van der Waals surface area contributed by atoms with Gasteiger partial charge in [0.1, 0.15) is 0 Å². The number of nitrogens with two attached hydrogens (primary N) is 1. The zero-order valence-electron chi connectivity index (χ0n) is 9.83. The summed E-state index contributed by atoms with van der Waals surface area (Å²) in [5.74, 6) is 5.30. The highest BCUT2D eigenvalue weighted by Gasteiger charge is 2.14. The fraction of sp³-hybridized carbons (Fsp3) is 0.455. The van der Waals surface area contributed by atoms with E-state index >= 15 is 0 Å². The molecular formula is C11H18FN3O. The number of nitrogens with one attached hydrogen (secondary N) is 1. The van der Waals surface area contributed by atoms with Crippen LogP contribution in [0.4, 0.5) is 4.39 Å². The molecule has 0 fully saturated rings. The van der Waals surface area contributed by atoms with Crippen LogP contribution in [0.3, 0.4) is 0 Å². The van der Waals surface area contributed by atoms with E-state index in [-0.39, 0.29) is 17.7 Å². The van der Waals surface area contributed by atoms with E-state index in [1.54, 1.807) is 12.1 Å². The Hall–Kier alpha value is -1.17. The molecule has 0 spiro atoms. The molecule has 0 saturated carbocycles. The molecule has 1 aromatic rings. The average Bonchev–Trinajstić information content (AvgIpc) is 2.22. The molecule has 1 unspecified atom stereocenters. The number of hydrogen-bond acceptors (Lipinski definition) is 4. The van der Waals surface area contributed by atoms with Gasteiger partial charge in [0.15, 0.2) is 11.6 Å². The van der Waals surface area contributed by atoms with E-state index in [1.165, 1.54) is 6.07 Å². The number of benzene rings is 1. The summed E-state index contributed by atoms with van der Waals surface area (Å²) in [5, 5.41) is 0. The van der Waals surface area contributed by atoms with Crippen molar-refractivity contribution >= 4 is 0 Å². The van der Waals surface area contributed by atoms with Crippen LogP contribution in [-0.2, 0) is 0 Å². The van der Waals surface area contributed by atoms with Crippen molar-refractivity contribution in [1.82, 2.24) is 10.3 Å². The van der Waals surface area contributed by atoms with E-state index in [0.29, 0.717) is 6.61 Å². The van der Waals surface area contributed by atoms with Crippen molar-refractivity contribution in [1.29, 1.82) is 0 Å². The quantitative estimate of drug-likeness (QED) is 0.451. The lowest BCUT2D eigenvalue weighted by molar-refractivity contribution is 0.251. The molecule has 5 heteroatoms. The van der Waals surface area contributed by atoms with Crippen LogP contribution in [-0.4, -0.2) is 25.6 Å². The summed E-state index contributed by atoms with van der Waals surface area (Å²) in [4.78, 5) is 1.86. The molecule has 0 amide bonds. The Morgan fingerprint density at radius 1 is 1.50 bits per heavy atom. The van der Waals surface area contributed by atoms with E-state index < -0.39 is 0 Å². The smallest absolute Gasteiger partial charge is 0.165 e. The molecule has 16 heavy (non-hydrogen) atoms. The van der Waals surface area contributed by atoms with E-state index in [2.05, 4.69) is 5.43 Å². The van der Waals surface area contributed by atoms with Crippen LogP contribution < -0.4 is 16.0 Å². The zero-order chi connectivity index (χ0) is 12.1. The average molecular weight is 227 g/mol. The van der Waals surface area contributed by atoms with Gasteiger partial charge in [-0.15, -0.1) is 0 Å². The van der Waals surface area contributed by atoms with Gasteiger partial charge in [-0.3, -0.25) is 10.7 Å². The molecule has 1 atom stereocenters. The summed E-state index contributed by atoms with van der Waals surface area (Å²) in [7, 11) is 3.72. The molecule has 0 aromatic heterocycles. The molecule has 0 aliphatic rings. The summed E-state index contributed by atoms with van der Waals surface area (Å²) in [6.45, 7) is 2.26. The van der Waals surface area contributed by atoms with Gasteiger partial charge in [0.25, 0.3) is 0 Å². The molecule has 0 bridgehead atoms. The Balaban J connectivity index is 2.95. The van der Waals surface area contributed by atoms with E-state index in [1.807, 2.05) is 25.9 Å². The van der Waals surface area contributed by atoms with Gasteiger partial charge in [-0.05, 0) is 38.7 Å². The van der Waals surface area contributed by atoms with Crippen LogP contribution in [0, 0.1) is 5.82 Å². The SMILES string of the molecule is CCOc1ccc(C(NN)N(C)C)cc1F. The summed E-state index contributed by atoms with van der Waals surface area (Å²) in [6.07, 6.45) is -0.217. The molecule has 1 aromatic carbocycles. The van der Waals surface area contributed by atoms with Gasteiger partial charge in [-0.2, -0.15) is 0 Å². The third-order valence-electron chi connectivity index (χ3n) is 2.25.